The number of carbonyl (C=O) groups is 1. The van der Waals surface area contributed by atoms with Crippen molar-refractivity contribution in [2.45, 2.75) is 38.8 Å². The van der Waals surface area contributed by atoms with Crippen LogP contribution in [0.15, 0.2) is 24.3 Å². The lowest BCUT2D eigenvalue weighted by Gasteiger charge is -2.37. The van der Waals surface area contributed by atoms with Gasteiger partial charge in [-0.05, 0) is 57.4 Å². The molecule has 1 aromatic carbocycles. The monoisotopic (exact) mass is 294 g/mol. The van der Waals surface area contributed by atoms with E-state index >= 15 is 0 Å². The molecule has 0 spiro atoms. The molecule has 2 N–H and O–H groups in total. The van der Waals surface area contributed by atoms with Crippen LogP contribution >= 0.6 is 0 Å². The first-order valence-corrected chi connectivity index (χ1v) is 7.46. The van der Waals surface area contributed by atoms with Crippen molar-refractivity contribution in [3.05, 3.63) is 30.1 Å². The van der Waals surface area contributed by atoms with Gasteiger partial charge in [0.15, 0.2) is 0 Å². The van der Waals surface area contributed by atoms with Crippen LogP contribution < -0.4 is 5.32 Å². The minimum absolute atomic E-state index is 0.146. The van der Waals surface area contributed by atoms with Crippen molar-refractivity contribution < 1.29 is 14.3 Å². The van der Waals surface area contributed by atoms with Gasteiger partial charge in [0.1, 0.15) is 5.82 Å². The molecular formula is C16H23FN2O2. The predicted molar refractivity (Wildman–Crippen MR) is 80.5 cm³/mol. The molecule has 1 aromatic rings. The number of aliphatic hydroxyl groups excluding tert-OH is 1. The van der Waals surface area contributed by atoms with E-state index in [1.165, 1.54) is 12.1 Å². The maximum Gasteiger partial charge on any atom is 0.241 e. The van der Waals surface area contributed by atoms with E-state index in [1.54, 1.807) is 19.1 Å². The lowest BCUT2D eigenvalue weighted by atomic mass is 9.92. The predicted octanol–water partition coefficient (Wildman–Crippen LogP) is 2.25. The van der Waals surface area contributed by atoms with E-state index in [9.17, 15) is 14.3 Å². The minimum atomic E-state index is -0.368. The number of hydrogen-bond acceptors (Lipinski definition) is 3. The summed E-state index contributed by atoms with van der Waals surface area (Å²) in [5, 5.41) is 12.5. The summed E-state index contributed by atoms with van der Waals surface area (Å²) in [6, 6.07) is 5.59. The molecule has 3 atom stereocenters. The second-order valence-corrected chi connectivity index (χ2v) is 5.81. The maximum atomic E-state index is 13.1. The van der Waals surface area contributed by atoms with Gasteiger partial charge in [0.05, 0.1) is 12.1 Å². The molecule has 0 saturated carbocycles. The lowest BCUT2D eigenvalue weighted by Crippen LogP contribution is -2.48. The van der Waals surface area contributed by atoms with Crippen LogP contribution in [0.25, 0.3) is 0 Å². The van der Waals surface area contributed by atoms with E-state index in [4.69, 9.17) is 0 Å². The number of aliphatic hydroxyl groups is 1. The van der Waals surface area contributed by atoms with Crippen molar-refractivity contribution in [2.75, 3.05) is 18.4 Å². The van der Waals surface area contributed by atoms with Crippen molar-refractivity contribution in [1.82, 2.24) is 4.90 Å². The molecule has 116 valence electrons. The zero-order valence-corrected chi connectivity index (χ0v) is 12.6. The molecule has 1 fully saturated rings. The molecule has 5 heteroatoms. The van der Waals surface area contributed by atoms with Gasteiger partial charge in [0.2, 0.25) is 5.91 Å². The third-order valence-corrected chi connectivity index (χ3v) is 4.19. The van der Waals surface area contributed by atoms with Crippen LogP contribution in [0.2, 0.25) is 0 Å². The van der Waals surface area contributed by atoms with Crippen LogP contribution in [0.3, 0.4) is 0 Å². The number of halogens is 1. The van der Waals surface area contributed by atoms with Gasteiger partial charge in [-0.2, -0.15) is 0 Å². The Balaban J connectivity index is 1.95. The summed E-state index contributed by atoms with van der Waals surface area (Å²) in [5.41, 5.74) is 0.468. The molecule has 1 heterocycles. The zero-order valence-electron chi connectivity index (χ0n) is 12.6. The Kier molecular flexibility index (Phi) is 5.31. The Labute approximate surface area is 125 Å². The quantitative estimate of drug-likeness (QED) is 0.895. The van der Waals surface area contributed by atoms with Crippen LogP contribution in [0.1, 0.15) is 26.7 Å². The summed E-state index contributed by atoms with van der Waals surface area (Å²) >= 11 is 0. The van der Waals surface area contributed by atoms with Crippen LogP contribution in [0, 0.1) is 11.7 Å². The van der Waals surface area contributed by atoms with Crippen LogP contribution in [0.5, 0.6) is 0 Å². The molecular weight excluding hydrogens is 271 g/mol. The molecule has 1 aliphatic rings. The summed E-state index contributed by atoms with van der Waals surface area (Å²) in [6.07, 6.45) is 1.62. The maximum absolute atomic E-state index is 13.1. The van der Waals surface area contributed by atoms with Crippen molar-refractivity contribution in [3.8, 4) is 0 Å². The molecule has 1 aliphatic heterocycles. The van der Waals surface area contributed by atoms with Gasteiger partial charge >= 0.3 is 0 Å². The number of piperidine rings is 1. The van der Waals surface area contributed by atoms with Gasteiger partial charge in [-0.3, -0.25) is 9.69 Å². The van der Waals surface area contributed by atoms with Crippen molar-refractivity contribution in [1.29, 1.82) is 0 Å². The molecule has 0 aliphatic carbocycles. The zero-order chi connectivity index (χ0) is 15.4. The number of likely N-dealkylation sites (tertiary alicyclic amines) is 1. The largest absolute Gasteiger partial charge is 0.393 e. The molecule has 3 unspecified atom stereocenters. The molecule has 1 amide bonds. The highest BCUT2D eigenvalue weighted by Gasteiger charge is 2.29. The van der Waals surface area contributed by atoms with E-state index in [0.29, 0.717) is 5.69 Å². The molecule has 1 saturated heterocycles. The first kappa shape index (κ1) is 15.9. The van der Waals surface area contributed by atoms with Gasteiger partial charge < -0.3 is 10.4 Å². The highest BCUT2D eigenvalue weighted by atomic mass is 19.1. The summed E-state index contributed by atoms with van der Waals surface area (Å²) < 4.78 is 13.1. The highest BCUT2D eigenvalue weighted by Crippen LogP contribution is 2.22. The number of nitrogens with one attached hydrogen (secondary N) is 1. The lowest BCUT2D eigenvalue weighted by molar-refractivity contribution is -0.121. The van der Waals surface area contributed by atoms with Crippen molar-refractivity contribution in [3.63, 3.8) is 0 Å². The molecule has 0 bridgehead atoms. The summed E-state index contributed by atoms with van der Waals surface area (Å²) in [6.45, 7) is 5.21. The van der Waals surface area contributed by atoms with Gasteiger partial charge in [0.25, 0.3) is 0 Å². The first-order chi connectivity index (χ1) is 9.97. The van der Waals surface area contributed by atoms with E-state index in [-0.39, 0.29) is 29.8 Å². The van der Waals surface area contributed by atoms with E-state index in [2.05, 4.69) is 10.2 Å². The average molecular weight is 294 g/mol. The Bertz CT molecular complexity index is 493. The van der Waals surface area contributed by atoms with Crippen molar-refractivity contribution in [2.24, 2.45) is 5.92 Å². The molecule has 0 aromatic heterocycles. The first-order valence-electron chi connectivity index (χ1n) is 7.46. The number of rotatable bonds is 4. The Morgan fingerprint density at radius 2 is 2.24 bits per heavy atom. The third-order valence-electron chi connectivity index (χ3n) is 4.19. The van der Waals surface area contributed by atoms with E-state index < -0.39 is 0 Å². The van der Waals surface area contributed by atoms with Crippen LogP contribution in [-0.4, -0.2) is 41.1 Å². The topological polar surface area (TPSA) is 52.6 Å². The number of anilines is 1. The Morgan fingerprint density at radius 1 is 1.48 bits per heavy atom. The second-order valence-electron chi connectivity index (χ2n) is 5.81. The number of hydrogen-bond donors (Lipinski definition) is 2. The van der Waals surface area contributed by atoms with Gasteiger partial charge in [-0.25, -0.2) is 4.39 Å². The fourth-order valence-corrected chi connectivity index (χ4v) is 2.76. The van der Waals surface area contributed by atoms with Crippen molar-refractivity contribution >= 4 is 11.6 Å². The fraction of sp³-hybridized carbons (Fsp3) is 0.562. The summed E-state index contributed by atoms with van der Waals surface area (Å²) in [5.74, 6) is -0.303. The second kappa shape index (κ2) is 7.00. The summed E-state index contributed by atoms with van der Waals surface area (Å²) in [7, 11) is 0. The fourth-order valence-electron chi connectivity index (χ4n) is 2.76. The Hall–Kier alpha value is -1.46. The SMILES string of the molecule is CC(O)C1CCCN(C(C)C(=O)Nc2cccc(F)c2)C1. The number of amides is 1. The Morgan fingerprint density at radius 3 is 2.90 bits per heavy atom. The van der Waals surface area contributed by atoms with Gasteiger partial charge in [0, 0.05) is 12.2 Å². The minimum Gasteiger partial charge on any atom is -0.393 e. The number of benzene rings is 1. The molecule has 21 heavy (non-hydrogen) atoms. The standard InChI is InChI=1S/C16H23FN2O2/c1-11(19-8-4-5-13(10-19)12(2)20)16(21)18-15-7-3-6-14(17)9-15/h3,6-7,9,11-13,20H,4-5,8,10H2,1-2H3,(H,18,21). The van der Waals surface area contributed by atoms with Crippen LogP contribution in [-0.2, 0) is 4.79 Å². The van der Waals surface area contributed by atoms with E-state index in [1.807, 2.05) is 6.92 Å². The molecule has 4 nitrogen and oxygen atoms in total. The highest BCUT2D eigenvalue weighted by molar-refractivity contribution is 5.94. The average Bonchev–Trinajstić information content (AvgIpc) is 2.46. The third kappa shape index (κ3) is 4.25. The number of carbonyl (C=O) groups excluding carboxylic acids is 1. The smallest absolute Gasteiger partial charge is 0.241 e. The van der Waals surface area contributed by atoms with Crippen LogP contribution in [0.4, 0.5) is 10.1 Å². The van der Waals surface area contributed by atoms with Gasteiger partial charge in [-0.1, -0.05) is 6.07 Å². The van der Waals surface area contributed by atoms with E-state index in [0.717, 1.165) is 25.9 Å². The molecule has 2 rings (SSSR count). The normalized spacial score (nSPS) is 22.6. The van der Waals surface area contributed by atoms with Gasteiger partial charge in [-0.15, -0.1) is 0 Å². The molecule has 0 radical (unpaired) electrons. The summed E-state index contributed by atoms with van der Waals surface area (Å²) in [4.78, 5) is 14.3. The number of nitrogens with zero attached hydrogens (tertiary/aromatic N) is 1.